The van der Waals surface area contributed by atoms with Crippen LogP contribution in [0.15, 0.2) is 73.2 Å². The van der Waals surface area contributed by atoms with Gasteiger partial charge in [-0.05, 0) is 47.9 Å². The third-order valence-corrected chi connectivity index (χ3v) is 6.84. The van der Waals surface area contributed by atoms with Crippen LogP contribution >= 0.6 is 0 Å². The van der Waals surface area contributed by atoms with Crippen molar-refractivity contribution in [2.45, 2.75) is 19.4 Å². The molecule has 0 radical (unpaired) electrons. The Bertz CT molecular complexity index is 1370. The zero-order valence-electron chi connectivity index (χ0n) is 20.4. The molecule has 1 aliphatic rings. The average molecular weight is 480 g/mol. The summed E-state index contributed by atoms with van der Waals surface area (Å²) in [5.74, 6) is 0.653. The van der Waals surface area contributed by atoms with E-state index in [4.69, 9.17) is 10.00 Å². The molecule has 0 saturated carbocycles. The number of H-pyrrole nitrogens is 1. The van der Waals surface area contributed by atoms with E-state index < -0.39 is 0 Å². The number of aromatic nitrogens is 2. The average Bonchev–Trinajstić information content (AvgIpc) is 3.47. The molecule has 1 saturated heterocycles. The number of hydrogen-bond acceptors (Lipinski definition) is 5. The van der Waals surface area contributed by atoms with E-state index in [1.807, 2.05) is 78.7 Å². The molecule has 2 heterocycles. The van der Waals surface area contributed by atoms with Crippen LogP contribution in [0.4, 0.5) is 0 Å². The first-order valence-electron chi connectivity index (χ1n) is 12.3. The van der Waals surface area contributed by atoms with Crippen molar-refractivity contribution in [3.8, 4) is 11.8 Å². The van der Waals surface area contributed by atoms with Gasteiger partial charge in [-0.15, -0.1) is 0 Å². The van der Waals surface area contributed by atoms with Crippen molar-refractivity contribution in [2.24, 2.45) is 0 Å². The Hall–Kier alpha value is -4.15. The smallest absolute Gasteiger partial charge is 0.258 e. The minimum absolute atomic E-state index is 0.0140. The van der Waals surface area contributed by atoms with E-state index in [0.29, 0.717) is 36.6 Å². The fraction of sp³-hybridized carbons (Fsp3) is 0.276. The number of ether oxygens (including phenoxy) is 1. The molecule has 0 bridgehead atoms. The lowest BCUT2D eigenvalue weighted by atomic mass is 9.99. The number of fused-ring (bicyclic) bond motifs is 1. The summed E-state index contributed by atoms with van der Waals surface area (Å²) in [5, 5.41) is 11.1. The maximum atomic E-state index is 13.8. The summed E-state index contributed by atoms with van der Waals surface area (Å²) >= 11 is 0. The quantitative estimate of drug-likeness (QED) is 0.420. The SMILES string of the molecule is CCOc1ccc2ccccc2c1C(=O)N1CCN(C(Cc2ccc(C#N)cc2)c2cnc[nH]2)CC1. The largest absolute Gasteiger partial charge is 0.493 e. The second-order valence-corrected chi connectivity index (χ2v) is 8.96. The van der Waals surface area contributed by atoms with Crippen molar-refractivity contribution in [2.75, 3.05) is 32.8 Å². The lowest BCUT2D eigenvalue weighted by molar-refractivity contribution is 0.0561. The zero-order valence-corrected chi connectivity index (χ0v) is 20.4. The molecular formula is C29H29N5O2. The molecule has 1 unspecified atom stereocenters. The molecule has 7 nitrogen and oxygen atoms in total. The van der Waals surface area contributed by atoms with E-state index >= 15 is 0 Å². The minimum Gasteiger partial charge on any atom is -0.493 e. The van der Waals surface area contributed by atoms with Gasteiger partial charge in [-0.1, -0.05) is 42.5 Å². The van der Waals surface area contributed by atoms with E-state index in [0.717, 1.165) is 41.5 Å². The second kappa shape index (κ2) is 10.6. The highest BCUT2D eigenvalue weighted by Crippen LogP contribution is 2.31. The standard InChI is InChI=1S/C29H29N5O2/c1-2-36-27-12-11-23-5-3-4-6-24(23)28(27)29(35)34-15-13-33(14-16-34)26(25-19-31-20-32-25)17-21-7-9-22(18-30)10-8-21/h3-12,19-20,26H,2,13-17H2,1H3,(H,31,32). The summed E-state index contributed by atoms with van der Waals surface area (Å²) < 4.78 is 5.86. The number of amides is 1. The van der Waals surface area contributed by atoms with Gasteiger partial charge < -0.3 is 14.6 Å². The summed E-state index contributed by atoms with van der Waals surface area (Å²) in [6.45, 7) is 5.21. The van der Waals surface area contributed by atoms with Crippen LogP contribution in [0.2, 0.25) is 0 Å². The van der Waals surface area contributed by atoms with Gasteiger partial charge in [-0.2, -0.15) is 5.26 Å². The topological polar surface area (TPSA) is 85.2 Å². The van der Waals surface area contributed by atoms with Gasteiger partial charge in [0.1, 0.15) is 5.75 Å². The van der Waals surface area contributed by atoms with Gasteiger partial charge >= 0.3 is 0 Å². The molecule has 1 amide bonds. The number of rotatable bonds is 7. The number of hydrogen-bond donors (Lipinski definition) is 1. The fourth-order valence-corrected chi connectivity index (χ4v) is 4.97. The van der Waals surface area contributed by atoms with Crippen LogP contribution in [0.5, 0.6) is 5.75 Å². The first-order chi connectivity index (χ1) is 17.7. The summed E-state index contributed by atoms with van der Waals surface area (Å²) in [6, 6.07) is 21.9. The molecule has 36 heavy (non-hydrogen) atoms. The molecule has 182 valence electrons. The zero-order chi connectivity index (χ0) is 24.9. The Labute approximate surface area is 210 Å². The summed E-state index contributed by atoms with van der Waals surface area (Å²) in [7, 11) is 0. The van der Waals surface area contributed by atoms with Crippen LogP contribution in [-0.2, 0) is 6.42 Å². The highest BCUT2D eigenvalue weighted by Gasteiger charge is 2.30. The van der Waals surface area contributed by atoms with Crippen LogP contribution in [0.25, 0.3) is 10.8 Å². The third-order valence-electron chi connectivity index (χ3n) is 6.84. The van der Waals surface area contributed by atoms with Crippen molar-refractivity contribution in [3.63, 3.8) is 0 Å². The lowest BCUT2D eigenvalue weighted by Crippen LogP contribution is -2.50. The molecule has 1 fully saturated rings. The predicted octanol–water partition coefficient (Wildman–Crippen LogP) is 4.58. The molecule has 0 aliphatic carbocycles. The summed E-state index contributed by atoms with van der Waals surface area (Å²) in [6.07, 6.45) is 4.37. The summed E-state index contributed by atoms with van der Waals surface area (Å²) in [4.78, 5) is 25.6. The number of benzene rings is 3. The first-order valence-corrected chi connectivity index (χ1v) is 12.3. The number of nitriles is 1. The van der Waals surface area contributed by atoms with Crippen molar-refractivity contribution in [1.82, 2.24) is 19.8 Å². The molecule has 5 rings (SSSR count). The van der Waals surface area contributed by atoms with Gasteiger partial charge in [-0.3, -0.25) is 9.69 Å². The van der Waals surface area contributed by atoms with E-state index in [1.165, 1.54) is 0 Å². The number of carbonyl (C=O) groups is 1. The molecule has 1 aromatic heterocycles. The minimum atomic E-state index is 0.0140. The Kier molecular flexibility index (Phi) is 6.96. The molecule has 1 atom stereocenters. The van der Waals surface area contributed by atoms with E-state index in [2.05, 4.69) is 20.9 Å². The third kappa shape index (κ3) is 4.81. The van der Waals surface area contributed by atoms with Crippen LogP contribution in [-0.4, -0.2) is 58.5 Å². The van der Waals surface area contributed by atoms with Crippen LogP contribution in [0, 0.1) is 11.3 Å². The normalized spacial score (nSPS) is 14.9. The predicted molar refractivity (Wildman–Crippen MR) is 139 cm³/mol. The fourth-order valence-electron chi connectivity index (χ4n) is 4.97. The van der Waals surface area contributed by atoms with Gasteiger partial charge in [0.2, 0.25) is 0 Å². The number of carbonyl (C=O) groups excluding carboxylic acids is 1. The molecule has 7 heteroatoms. The lowest BCUT2D eigenvalue weighted by Gasteiger charge is -2.39. The Balaban J connectivity index is 1.35. The first kappa shape index (κ1) is 23.6. The number of aromatic amines is 1. The molecule has 0 spiro atoms. The molecular weight excluding hydrogens is 450 g/mol. The van der Waals surface area contributed by atoms with Gasteiger partial charge in [0.05, 0.1) is 41.9 Å². The van der Waals surface area contributed by atoms with Crippen LogP contribution in [0.3, 0.4) is 0 Å². The van der Waals surface area contributed by atoms with Gasteiger partial charge in [0, 0.05) is 32.4 Å². The van der Waals surface area contributed by atoms with Crippen molar-refractivity contribution < 1.29 is 9.53 Å². The Morgan fingerprint density at radius 1 is 1.08 bits per heavy atom. The van der Waals surface area contributed by atoms with Crippen molar-refractivity contribution >= 4 is 16.7 Å². The van der Waals surface area contributed by atoms with Gasteiger partial charge in [-0.25, -0.2) is 4.98 Å². The number of nitrogens with one attached hydrogen (secondary N) is 1. The monoisotopic (exact) mass is 479 g/mol. The van der Waals surface area contributed by atoms with Gasteiger partial charge in [0.15, 0.2) is 0 Å². The van der Waals surface area contributed by atoms with Crippen molar-refractivity contribution in [3.05, 3.63) is 95.6 Å². The second-order valence-electron chi connectivity index (χ2n) is 8.96. The summed E-state index contributed by atoms with van der Waals surface area (Å²) in [5.41, 5.74) is 3.51. The van der Waals surface area contributed by atoms with E-state index in [9.17, 15) is 4.79 Å². The molecule has 3 aromatic carbocycles. The van der Waals surface area contributed by atoms with E-state index in [-0.39, 0.29) is 11.9 Å². The van der Waals surface area contributed by atoms with Crippen molar-refractivity contribution in [1.29, 1.82) is 5.26 Å². The molecule has 4 aromatic rings. The van der Waals surface area contributed by atoms with Gasteiger partial charge in [0.25, 0.3) is 5.91 Å². The Morgan fingerprint density at radius 3 is 2.56 bits per heavy atom. The van der Waals surface area contributed by atoms with E-state index in [1.54, 1.807) is 6.33 Å². The molecule has 1 N–H and O–H groups in total. The maximum absolute atomic E-state index is 13.8. The molecule has 1 aliphatic heterocycles. The van der Waals surface area contributed by atoms with Crippen LogP contribution < -0.4 is 4.74 Å². The number of imidazole rings is 1. The highest BCUT2D eigenvalue weighted by molar-refractivity contribution is 6.09. The maximum Gasteiger partial charge on any atom is 0.258 e. The number of nitrogens with zero attached hydrogens (tertiary/aromatic N) is 4. The van der Waals surface area contributed by atoms with Crippen LogP contribution in [0.1, 0.15) is 40.1 Å². The Morgan fingerprint density at radius 2 is 1.86 bits per heavy atom. The highest BCUT2D eigenvalue weighted by atomic mass is 16.5. The number of piperazine rings is 1.